The van der Waals surface area contributed by atoms with E-state index < -0.39 is 21.0 Å². The Morgan fingerprint density at radius 1 is 0.889 bits per heavy atom. The molecule has 0 aromatic rings. The Morgan fingerprint density at radius 2 is 1.33 bits per heavy atom. The molecular weight excluding hydrogens is 356 g/mol. The minimum Gasteiger partial charge on any atom is -0.313 e. The molecular formula is C18H32N2O7. The van der Waals surface area contributed by atoms with Crippen LogP contribution in [0, 0.1) is 41.9 Å². The second kappa shape index (κ2) is 7.98. The first-order valence-corrected chi connectivity index (χ1v) is 9.21. The summed E-state index contributed by atoms with van der Waals surface area (Å²) >= 11 is 0. The van der Waals surface area contributed by atoms with Gasteiger partial charge in [0.05, 0.1) is 5.41 Å². The Balaban J connectivity index is 0.000000271. The molecule has 0 aromatic carbocycles. The minimum absolute atomic E-state index is 0.0619. The maximum Gasteiger partial charge on any atom is 0.294 e. The molecule has 0 aromatic heterocycles. The summed E-state index contributed by atoms with van der Waals surface area (Å²) in [6.45, 7) is 12.1. The van der Waals surface area contributed by atoms with Gasteiger partial charge >= 0.3 is 0 Å². The highest BCUT2D eigenvalue weighted by Crippen LogP contribution is 2.53. The van der Waals surface area contributed by atoms with Gasteiger partial charge in [0, 0.05) is 5.41 Å². The van der Waals surface area contributed by atoms with E-state index in [1.165, 1.54) is 0 Å². The van der Waals surface area contributed by atoms with Gasteiger partial charge < -0.3 is 9.68 Å². The van der Waals surface area contributed by atoms with Crippen LogP contribution in [0.25, 0.3) is 0 Å². The molecule has 2 rings (SSSR count). The summed E-state index contributed by atoms with van der Waals surface area (Å²) in [5, 5.41) is 18.5. The predicted molar refractivity (Wildman–Crippen MR) is 97.8 cm³/mol. The van der Waals surface area contributed by atoms with Crippen molar-refractivity contribution in [3.05, 3.63) is 20.2 Å². The van der Waals surface area contributed by atoms with Gasteiger partial charge in [0.1, 0.15) is 19.0 Å². The van der Waals surface area contributed by atoms with Gasteiger partial charge in [-0.2, -0.15) is 0 Å². The lowest BCUT2D eigenvalue weighted by Crippen LogP contribution is -2.33. The largest absolute Gasteiger partial charge is 0.313 e. The predicted octanol–water partition coefficient (Wildman–Crippen LogP) is 4.00. The van der Waals surface area contributed by atoms with Crippen molar-refractivity contribution in [1.82, 2.24) is 0 Å². The molecule has 0 unspecified atom stereocenters. The SMILES string of the molecule is CC(C)(C)C(=O)C1(CO[N+](=O)[O-])CC1.CC(C)(C)CC1(CO[N+](=O)[O-])CC1. The monoisotopic (exact) mass is 388 g/mol. The molecule has 0 saturated heterocycles. The van der Waals surface area contributed by atoms with E-state index >= 15 is 0 Å². The molecule has 156 valence electrons. The quantitative estimate of drug-likeness (QED) is 0.455. The van der Waals surface area contributed by atoms with Gasteiger partial charge in [0.2, 0.25) is 0 Å². The standard InChI is InChI=1S/C9H15NO4.C9H17NO3/c1-8(2,3)7(11)9(4-5-9)6-14-10(12)13;1-8(2,3)6-9(4-5-9)7-13-10(11)12/h4-6H2,1-3H3;4-7H2,1-3H3. The van der Waals surface area contributed by atoms with Crippen molar-refractivity contribution in [2.75, 3.05) is 13.2 Å². The van der Waals surface area contributed by atoms with E-state index in [-0.39, 0.29) is 29.8 Å². The summed E-state index contributed by atoms with van der Waals surface area (Å²) < 4.78 is 0. The van der Waals surface area contributed by atoms with Crippen LogP contribution in [-0.4, -0.2) is 29.2 Å². The fraction of sp³-hybridized carbons (Fsp3) is 0.944. The average Bonchev–Trinajstić information content (AvgIpc) is 3.38. The van der Waals surface area contributed by atoms with Crippen molar-refractivity contribution >= 4 is 5.78 Å². The maximum atomic E-state index is 11.9. The summed E-state index contributed by atoms with van der Waals surface area (Å²) in [7, 11) is 0. The highest BCUT2D eigenvalue weighted by atomic mass is 17.0. The highest BCUT2D eigenvalue weighted by Gasteiger charge is 2.53. The van der Waals surface area contributed by atoms with Crippen LogP contribution in [0.3, 0.4) is 0 Å². The highest BCUT2D eigenvalue weighted by molar-refractivity contribution is 5.91. The summed E-state index contributed by atoms with van der Waals surface area (Å²) in [6.07, 6.45) is 4.55. The Kier molecular flexibility index (Phi) is 6.83. The van der Waals surface area contributed by atoms with Crippen LogP contribution in [0.5, 0.6) is 0 Å². The summed E-state index contributed by atoms with van der Waals surface area (Å²) in [6, 6.07) is 0. The second-order valence-corrected chi connectivity index (χ2v) is 10.1. The molecule has 2 saturated carbocycles. The van der Waals surface area contributed by atoms with Gasteiger partial charge in [-0.15, -0.1) is 20.2 Å². The Hall–Kier alpha value is -1.93. The summed E-state index contributed by atoms with van der Waals surface area (Å²) in [5.41, 5.74) is -0.691. The molecule has 27 heavy (non-hydrogen) atoms. The summed E-state index contributed by atoms with van der Waals surface area (Å²) in [4.78, 5) is 40.6. The van der Waals surface area contributed by atoms with Crippen LogP contribution < -0.4 is 0 Å². The summed E-state index contributed by atoms with van der Waals surface area (Å²) in [5.74, 6) is 0.0619. The number of nitrogens with zero attached hydrogens (tertiary/aromatic N) is 2. The molecule has 0 atom stereocenters. The first kappa shape index (κ1) is 23.1. The average molecular weight is 388 g/mol. The van der Waals surface area contributed by atoms with E-state index in [1.54, 1.807) is 0 Å². The normalized spacial score (nSPS) is 19.2. The van der Waals surface area contributed by atoms with Crippen molar-refractivity contribution < 1.29 is 24.6 Å². The Labute approximate surface area is 160 Å². The number of ketones is 1. The Bertz CT molecular complexity index is 567. The lowest BCUT2D eigenvalue weighted by atomic mass is 9.81. The van der Waals surface area contributed by atoms with Gasteiger partial charge in [-0.05, 0) is 42.9 Å². The first-order valence-electron chi connectivity index (χ1n) is 9.21. The molecule has 0 heterocycles. The lowest BCUT2D eigenvalue weighted by molar-refractivity contribution is -0.760. The van der Waals surface area contributed by atoms with E-state index in [4.69, 9.17) is 0 Å². The van der Waals surface area contributed by atoms with E-state index in [0.29, 0.717) is 12.8 Å². The van der Waals surface area contributed by atoms with Crippen molar-refractivity contribution in [3.63, 3.8) is 0 Å². The van der Waals surface area contributed by atoms with Gasteiger partial charge in [-0.25, -0.2) is 0 Å². The van der Waals surface area contributed by atoms with Gasteiger partial charge in [0.25, 0.3) is 10.2 Å². The molecule has 9 heteroatoms. The van der Waals surface area contributed by atoms with Gasteiger partial charge in [-0.3, -0.25) is 4.79 Å². The van der Waals surface area contributed by atoms with E-state index in [0.717, 1.165) is 19.3 Å². The number of hydrogen-bond acceptors (Lipinski definition) is 7. The smallest absolute Gasteiger partial charge is 0.294 e. The Morgan fingerprint density at radius 3 is 1.63 bits per heavy atom. The molecule has 0 aliphatic heterocycles. The zero-order valence-corrected chi connectivity index (χ0v) is 17.2. The second-order valence-electron chi connectivity index (χ2n) is 10.1. The molecule has 0 N–H and O–H groups in total. The van der Waals surface area contributed by atoms with E-state index in [1.807, 2.05) is 20.8 Å². The van der Waals surface area contributed by atoms with Gasteiger partial charge in [-0.1, -0.05) is 41.5 Å². The van der Waals surface area contributed by atoms with Crippen LogP contribution in [0.1, 0.15) is 73.6 Å². The minimum atomic E-state index is -0.837. The van der Waals surface area contributed by atoms with Crippen LogP contribution in [0.15, 0.2) is 0 Å². The molecule has 2 fully saturated rings. The molecule has 0 radical (unpaired) electrons. The number of Topliss-reactive ketones (excluding diaryl/α,β-unsaturated/α-hetero) is 1. The number of rotatable bonds is 8. The number of carbonyl (C=O) groups excluding carboxylic acids is 1. The van der Waals surface area contributed by atoms with Crippen LogP contribution in [0.2, 0.25) is 0 Å². The van der Waals surface area contributed by atoms with Gasteiger partial charge in [0.15, 0.2) is 0 Å². The van der Waals surface area contributed by atoms with Crippen molar-refractivity contribution in [3.8, 4) is 0 Å². The molecule has 2 aliphatic rings. The van der Waals surface area contributed by atoms with Crippen LogP contribution in [-0.2, 0) is 14.5 Å². The third-order valence-electron chi connectivity index (χ3n) is 4.80. The van der Waals surface area contributed by atoms with E-state index in [9.17, 15) is 25.0 Å². The first-order chi connectivity index (χ1) is 12.1. The molecule has 0 spiro atoms. The third kappa shape index (κ3) is 8.09. The van der Waals surface area contributed by atoms with Crippen LogP contribution >= 0.6 is 0 Å². The van der Waals surface area contributed by atoms with Crippen molar-refractivity contribution in [2.24, 2.45) is 21.7 Å². The van der Waals surface area contributed by atoms with E-state index in [2.05, 4.69) is 30.4 Å². The molecule has 0 amide bonds. The third-order valence-corrected chi connectivity index (χ3v) is 4.80. The zero-order valence-electron chi connectivity index (χ0n) is 17.2. The van der Waals surface area contributed by atoms with Crippen molar-refractivity contribution in [2.45, 2.75) is 73.6 Å². The number of carbonyl (C=O) groups is 1. The van der Waals surface area contributed by atoms with Crippen molar-refractivity contribution in [1.29, 1.82) is 0 Å². The molecule has 2 aliphatic carbocycles. The zero-order chi connectivity index (χ0) is 21.1. The maximum absolute atomic E-state index is 11.9. The van der Waals surface area contributed by atoms with Crippen LogP contribution in [0.4, 0.5) is 0 Å². The lowest BCUT2D eigenvalue weighted by Gasteiger charge is -2.24. The molecule has 0 bridgehead atoms. The fourth-order valence-electron chi connectivity index (χ4n) is 3.42. The number of hydrogen-bond donors (Lipinski definition) is 0. The topological polar surface area (TPSA) is 122 Å². The molecule has 9 nitrogen and oxygen atoms in total. The fourth-order valence-corrected chi connectivity index (χ4v) is 3.42.